The molecule has 0 atom stereocenters. The van der Waals surface area contributed by atoms with Gasteiger partial charge in [-0.2, -0.15) is 5.10 Å². The van der Waals surface area contributed by atoms with E-state index < -0.39 is 10.5 Å². The van der Waals surface area contributed by atoms with Gasteiger partial charge in [0.05, 0.1) is 4.92 Å². The summed E-state index contributed by atoms with van der Waals surface area (Å²) in [6.45, 7) is 1.84. The lowest BCUT2D eigenvalue weighted by atomic mass is 9.87. The lowest BCUT2D eigenvalue weighted by Gasteiger charge is -2.36. The monoisotopic (exact) mass is 329 g/mol. The molecular formula is C16H19N5O3. The minimum absolute atomic E-state index is 0.0384. The Morgan fingerprint density at radius 3 is 2.62 bits per heavy atom. The molecule has 1 aliphatic heterocycles. The van der Waals surface area contributed by atoms with Gasteiger partial charge in [0.25, 0.3) is 5.69 Å². The molecule has 0 bridgehead atoms. The number of nitrogens with one attached hydrogen (secondary N) is 2. The SMILES string of the molecule is O=C(NCc1ccc([N+](=O)[O-])cc1)C1(n2cccn2)CCNCC1. The maximum atomic E-state index is 12.9. The summed E-state index contributed by atoms with van der Waals surface area (Å²) in [5.41, 5.74) is 0.171. The van der Waals surface area contributed by atoms with E-state index in [0.717, 1.165) is 18.7 Å². The Morgan fingerprint density at radius 2 is 2.04 bits per heavy atom. The summed E-state index contributed by atoms with van der Waals surface area (Å²) in [6.07, 6.45) is 4.83. The molecule has 0 spiro atoms. The van der Waals surface area contributed by atoms with Gasteiger partial charge in [0.2, 0.25) is 5.91 Å². The van der Waals surface area contributed by atoms with Crippen LogP contribution in [0.1, 0.15) is 18.4 Å². The quantitative estimate of drug-likeness (QED) is 0.633. The van der Waals surface area contributed by atoms with Crippen LogP contribution in [0.2, 0.25) is 0 Å². The van der Waals surface area contributed by atoms with Crippen molar-refractivity contribution in [3.8, 4) is 0 Å². The Hall–Kier alpha value is -2.74. The summed E-state index contributed by atoms with van der Waals surface area (Å²) in [6, 6.07) is 8.00. The molecule has 126 valence electrons. The largest absolute Gasteiger partial charge is 0.350 e. The minimum Gasteiger partial charge on any atom is -0.350 e. The molecule has 0 unspecified atom stereocenters. The maximum Gasteiger partial charge on any atom is 0.269 e. The molecule has 3 rings (SSSR count). The van der Waals surface area contributed by atoms with E-state index in [0.29, 0.717) is 19.4 Å². The number of rotatable bonds is 5. The highest BCUT2D eigenvalue weighted by Crippen LogP contribution is 2.27. The van der Waals surface area contributed by atoms with Crippen molar-refractivity contribution in [2.45, 2.75) is 24.9 Å². The Morgan fingerprint density at radius 1 is 1.33 bits per heavy atom. The van der Waals surface area contributed by atoms with Crippen molar-refractivity contribution in [3.05, 3.63) is 58.4 Å². The van der Waals surface area contributed by atoms with E-state index in [4.69, 9.17) is 0 Å². The zero-order valence-electron chi connectivity index (χ0n) is 13.1. The van der Waals surface area contributed by atoms with Crippen molar-refractivity contribution in [1.82, 2.24) is 20.4 Å². The van der Waals surface area contributed by atoms with Gasteiger partial charge in [0.15, 0.2) is 0 Å². The van der Waals surface area contributed by atoms with Crippen LogP contribution in [0.4, 0.5) is 5.69 Å². The van der Waals surface area contributed by atoms with E-state index in [9.17, 15) is 14.9 Å². The smallest absolute Gasteiger partial charge is 0.269 e. The highest BCUT2D eigenvalue weighted by molar-refractivity contribution is 5.84. The van der Waals surface area contributed by atoms with Gasteiger partial charge in [-0.25, -0.2) is 0 Å². The molecule has 1 fully saturated rings. The van der Waals surface area contributed by atoms with Crippen LogP contribution in [0.15, 0.2) is 42.7 Å². The zero-order chi connectivity index (χ0) is 17.0. The standard InChI is InChI=1S/C16H19N5O3/c22-15(18-12-13-2-4-14(5-3-13)21(23)24)16(6-9-17-10-7-16)20-11-1-8-19-20/h1-5,8,11,17H,6-7,9-10,12H2,(H,18,22). The van der Waals surface area contributed by atoms with Crippen molar-refractivity contribution in [1.29, 1.82) is 0 Å². The highest BCUT2D eigenvalue weighted by Gasteiger charge is 2.41. The Bertz CT molecular complexity index is 706. The highest BCUT2D eigenvalue weighted by atomic mass is 16.6. The molecule has 1 aromatic carbocycles. The van der Waals surface area contributed by atoms with Gasteiger partial charge >= 0.3 is 0 Å². The van der Waals surface area contributed by atoms with E-state index >= 15 is 0 Å². The molecule has 0 aliphatic carbocycles. The Balaban J connectivity index is 1.71. The number of aromatic nitrogens is 2. The molecule has 8 heteroatoms. The van der Waals surface area contributed by atoms with Crippen LogP contribution in [0.3, 0.4) is 0 Å². The second-order valence-electron chi connectivity index (χ2n) is 5.84. The van der Waals surface area contributed by atoms with Crippen molar-refractivity contribution in [2.75, 3.05) is 13.1 Å². The molecule has 0 saturated carbocycles. The average molecular weight is 329 g/mol. The summed E-state index contributed by atoms with van der Waals surface area (Å²) < 4.78 is 1.74. The first-order valence-electron chi connectivity index (χ1n) is 7.84. The summed E-state index contributed by atoms with van der Waals surface area (Å²) in [5.74, 6) is -0.0777. The van der Waals surface area contributed by atoms with Crippen molar-refractivity contribution in [2.24, 2.45) is 0 Å². The molecule has 1 saturated heterocycles. The normalized spacial score (nSPS) is 16.5. The summed E-state index contributed by atoms with van der Waals surface area (Å²) >= 11 is 0. The second kappa shape index (κ2) is 6.79. The molecule has 1 aromatic heterocycles. The Kier molecular flexibility index (Phi) is 4.57. The van der Waals surface area contributed by atoms with Gasteiger partial charge in [0, 0.05) is 31.1 Å². The van der Waals surface area contributed by atoms with Crippen LogP contribution in [-0.4, -0.2) is 33.7 Å². The predicted octanol–water partition coefficient (Wildman–Crippen LogP) is 1.19. The second-order valence-corrected chi connectivity index (χ2v) is 5.84. The fraction of sp³-hybridized carbons (Fsp3) is 0.375. The minimum atomic E-state index is -0.685. The molecule has 8 nitrogen and oxygen atoms in total. The lowest BCUT2D eigenvalue weighted by molar-refractivity contribution is -0.384. The number of carbonyl (C=O) groups is 1. The average Bonchev–Trinajstić information content (AvgIpc) is 3.15. The number of non-ortho nitro benzene ring substituents is 1. The third-order valence-electron chi connectivity index (χ3n) is 4.40. The van der Waals surface area contributed by atoms with Crippen LogP contribution in [0.25, 0.3) is 0 Å². The number of carbonyl (C=O) groups excluding carboxylic acids is 1. The predicted molar refractivity (Wildman–Crippen MR) is 87.2 cm³/mol. The number of hydrogen-bond donors (Lipinski definition) is 2. The third kappa shape index (κ3) is 3.13. The number of amides is 1. The molecular weight excluding hydrogens is 310 g/mol. The van der Waals surface area contributed by atoms with Crippen LogP contribution in [-0.2, 0) is 16.9 Å². The number of benzene rings is 1. The van der Waals surface area contributed by atoms with Crippen LogP contribution in [0.5, 0.6) is 0 Å². The first kappa shape index (κ1) is 16.1. The fourth-order valence-electron chi connectivity index (χ4n) is 3.00. The van der Waals surface area contributed by atoms with Crippen LogP contribution >= 0.6 is 0 Å². The molecule has 2 N–H and O–H groups in total. The molecule has 0 radical (unpaired) electrons. The number of piperidine rings is 1. The van der Waals surface area contributed by atoms with E-state index in [1.54, 1.807) is 23.0 Å². The number of hydrogen-bond acceptors (Lipinski definition) is 5. The van der Waals surface area contributed by atoms with E-state index in [1.165, 1.54) is 12.1 Å². The first-order valence-corrected chi connectivity index (χ1v) is 7.84. The summed E-state index contributed by atoms with van der Waals surface area (Å²) in [4.78, 5) is 23.1. The first-order chi connectivity index (χ1) is 11.6. The topological polar surface area (TPSA) is 102 Å². The molecule has 1 amide bonds. The summed E-state index contributed by atoms with van der Waals surface area (Å²) in [5, 5.41) is 21.2. The van der Waals surface area contributed by atoms with E-state index in [2.05, 4.69) is 15.7 Å². The molecule has 2 aromatic rings. The number of nitro groups is 1. The Labute approximate surface area is 139 Å². The van der Waals surface area contributed by atoms with Gasteiger partial charge < -0.3 is 10.6 Å². The van der Waals surface area contributed by atoms with Gasteiger partial charge in [-0.05, 0) is 37.6 Å². The van der Waals surface area contributed by atoms with Crippen molar-refractivity contribution >= 4 is 11.6 Å². The summed E-state index contributed by atoms with van der Waals surface area (Å²) in [7, 11) is 0. The number of nitrogens with zero attached hydrogens (tertiary/aromatic N) is 3. The maximum absolute atomic E-state index is 12.9. The van der Waals surface area contributed by atoms with E-state index in [1.807, 2.05) is 12.3 Å². The molecule has 2 heterocycles. The van der Waals surface area contributed by atoms with Crippen LogP contribution in [0, 0.1) is 10.1 Å². The number of nitro benzene ring substituents is 1. The van der Waals surface area contributed by atoms with E-state index in [-0.39, 0.29) is 11.6 Å². The molecule has 24 heavy (non-hydrogen) atoms. The van der Waals surface area contributed by atoms with Crippen molar-refractivity contribution < 1.29 is 9.72 Å². The van der Waals surface area contributed by atoms with Gasteiger partial charge in [-0.15, -0.1) is 0 Å². The zero-order valence-corrected chi connectivity index (χ0v) is 13.1. The molecule has 1 aliphatic rings. The van der Waals surface area contributed by atoms with Crippen molar-refractivity contribution in [3.63, 3.8) is 0 Å². The van der Waals surface area contributed by atoms with Gasteiger partial charge in [-0.1, -0.05) is 12.1 Å². The van der Waals surface area contributed by atoms with Crippen LogP contribution < -0.4 is 10.6 Å². The third-order valence-corrected chi connectivity index (χ3v) is 4.40. The lowest BCUT2D eigenvalue weighted by Crippen LogP contribution is -2.54. The van der Waals surface area contributed by atoms with Gasteiger partial charge in [0.1, 0.15) is 5.54 Å². The fourth-order valence-corrected chi connectivity index (χ4v) is 3.00. The van der Waals surface area contributed by atoms with Gasteiger partial charge in [-0.3, -0.25) is 19.6 Å².